The SMILES string of the molecule is COC(=O)Nc1ccc(-c2cnc3c(C4CC4)cc(-c4nncn4-c4ccc(F)cc4)cn23)cn1. The van der Waals surface area contributed by atoms with Gasteiger partial charge >= 0.3 is 6.09 Å². The molecule has 0 unspecified atom stereocenters. The van der Waals surface area contributed by atoms with Gasteiger partial charge in [0.25, 0.3) is 0 Å². The molecule has 4 aromatic heterocycles. The van der Waals surface area contributed by atoms with Gasteiger partial charge in [0.05, 0.1) is 19.0 Å². The van der Waals surface area contributed by atoms with Crippen LogP contribution in [-0.4, -0.2) is 42.3 Å². The molecule has 1 saturated carbocycles. The number of halogens is 1. The van der Waals surface area contributed by atoms with Gasteiger partial charge in [0, 0.05) is 29.2 Å². The Hall–Kier alpha value is -4.60. The zero-order valence-electron chi connectivity index (χ0n) is 18.7. The van der Waals surface area contributed by atoms with E-state index in [1.165, 1.54) is 19.2 Å². The maximum Gasteiger partial charge on any atom is 0.412 e. The van der Waals surface area contributed by atoms with Gasteiger partial charge in [-0.1, -0.05) is 0 Å². The summed E-state index contributed by atoms with van der Waals surface area (Å²) in [5.41, 5.74) is 5.37. The zero-order chi connectivity index (χ0) is 23.9. The van der Waals surface area contributed by atoms with Crippen molar-refractivity contribution in [2.75, 3.05) is 12.4 Å². The number of nitrogens with one attached hydrogen (secondary N) is 1. The number of ether oxygens (including phenoxy) is 1. The number of hydrogen-bond donors (Lipinski definition) is 1. The first-order valence-electron chi connectivity index (χ1n) is 11.1. The quantitative estimate of drug-likeness (QED) is 0.396. The first-order valence-corrected chi connectivity index (χ1v) is 11.1. The Morgan fingerprint density at radius 3 is 2.63 bits per heavy atom. The number of pyridine rings is 2. The minimum atomic E-state index is -0.580. The number of benzene rings is 1. The van der Waals surface area contributed by atoms with Gasteiger partial charge in [-0.05, 0) is 66.8 Å². The van der Waals surface area contributed by atoms with E-state index in [9.17, 15) is 9.18 Å². The van der Waals surface area contributed by atoms with Crippen LogP contribution in [0.3, 0.4) is 0 Å². The van der Waals surface area contributed by atoms with Crippen molar-refractivity contribution in [3.05, 3.63) is 78.8 Å². The van der Waals surface area contributed by atoms with Crippen LogP contribution in [-0.2, 0) is 4.74 Å². The molecule has 0 atom stereocenters. The van der Waals surface area contributed by atoms with Gasteiger partial charge in [-0.3, -0.25) is 14.3 Å². The van der Waals surface area contributed by atoms with E-state index in [2.05, 4.69) is 31.3 Å². The number of imidazole rings is 1. The standard InChI is InChI=1S/C25H20FN7O2/c1-35-25(34)30-22-9-4-16(11-27-22)21-12-28-24-20(15-2-3-15)10-17(13-32(21)24)23-31-29-14-33(23)19-7-5-18(26)6-8-19/h4-15H,2-3H2,1H3,(H,27,30,34). The molecule has 4 heterocycles. The summed E-state index contributed by atoms with van der Waals surface area (Å²) in [6.45, 7) is 0. The molecule has 1 N–H and O–H groups in total. The summed E-state index contributed by atoms with van der Waals surface area (Å²) in [6, 6.07) is 11.9. The molecule has 0 radical (unpaired) electrons. The molecule has 1 aromatic carbocycles. The second-order valence-corrected chi connectivity index (χ2v) is 8.35. The van der Waals surface area contributed by atoms with Crippen molar-refractivity contribution in [3.63, 3.8) is 0 Å². The van der Waals surface area contributed by atoms with E-state index in [0.29, 0.717) is 17.6 Å². The van der Waals surface area contributed by atoms with Gasteiger partial charge in [0.2, 0.25) is 0 Å². The van der Waals surface area contributed by atoms with E-state index < -0.39 is 6.09 Å². The van der Waals surface area contributed by atoms with Crippen molar-refractivity contribution in [1.29, 1.82) is 0 Å². The van der Waals surface area contributed by atoms with Gasteiger partial charge in [0.15, 0.2) is 5.82 Å². The molecular weight excluding hydrogens is 449 g/mol. The highest BCUT2D eigenvalue weighted by atomic mass is 19.1. The van der Waals surface area contributed by atoms with Crippen LogP contribution in [0, 0.1) is 5.82 Å². The third-order valence-electron chi connectivity index (χ3n) is 6.04. The van der Waals surface area contributed by atoms with Crippen molar-refractivity contribution in [3.8, 4) is 28.3 Å². The van der Waals surface area contributed by atoms with Crippen LogP contribution in [0.2, 0.25) is 0 Å². The second-order valence-electron chi connectivity index (χ2n) is 8.35. The van der Waals surface area contributed by atoms with Gasteiger partial charge < -0.3 is 4.74 Å². The monoisotopic (exact) mass is 469 g/mol. The molecule has 10 heteroatoms. The van der Waals surface area contributed by atoms with Gasteiger partial charge in [-0.25, -0.2) is 19.2 Å². The van der Waals surface area contributed by atoms with Crippen molar-refractivity contribution >= 4 is 17.6 Å². The lowest BCUT2D eigenvalue weighted by atomic mass is 10.1. The fourth-order valence-electron chi connectivity index (χ4n) is 4.14. The zero-order valence-corrected chi connectivity index (χ0v) is 18.7. The molecule has 0 bridgehead atoms. The van der Waals surface area contributed by atoms with E-state index in [4.69, 9.17) is 4.98 Å². The fraction of sp³-hybridized carbons (Fsp3) is 0.160. The Bertz CT molecular complexity index is 1540. The summed E-state index contributed by atoms with van der Waals surface area (Å²) in [7, 11) is 1.30. The minimum Gasteiger partial charge on any atom is -0.453 e. The predicted octanol–water partition coefficient (Wildman–Crippen LogP) is 4.84. The third-order valence-corrected chi connectivity index (χ3v) is 6.04. The average molecular weight is 469 g/mol. The second kappa shape index (κ2) is 8.32. The van der Waals surface area contributed by atoms with Crippen LogP contribution >= 0.6 is 0 Å². The van der Waals surface area contributed by atoms with E-state index in [1.54, 1.807) is 30.7 Å². The summed E-state index contributed by atoms with van der Waals surface area (Å²) in [5.74, 6) is 1.18. The molecule has 0 aliphatic heterocycles. The van der Waals surface area contributed by atoms with Crippen LogP contribution in [0.4, 0.5) is 15.0 Å². The Labute approximate surface area is 199 Å². The number of anilines is 1. The molecule has 6 rings (SSSR count). The van der Waals surface area contributed by atoms with Gasteiger partial charge in [-0.2, -0.15) is 0 Å². The fourth-order valence-corrected chi connectivity index (χ4v) is 4.14. The number of fused-ring (bicyclic) bond motifs is 1. The average Bonchev–Trinajstić information content (AvgIpc) is 3.45. The summed E-state index contributed by atoms with van der Waals surface area (Å²) in [5, 5.41) is 11.0. The van der Waals surface area contributed by atoms with E-state index in [-0.39, 0.29) is 5.82 Å². The lowest BCUT2D eigenvalue weighted by Crippen LogP contribution is -2.11. The normalized spacial score (nSPS) is 13.2. The van der Waals surface area contributed by atoms with Crippen LogP contribution in [0.5, 0.6) is 0 Å². The number of amides is 1. The Morgan fingerprint density at radius 2 is 1.91 bits per heavy atom. The van der Waals surface area contributed by atoms with E-state index >= 15 is 0 Å². The largest absolute Gasteiger partial charge is 0.453 e. The lowest BCUT2D eigenvalue weighted by molar-refractivity contribution is 0.187. The molecule has 1 fully saturated rings. The Balaban J connectivity index is 1.45. The number of carbonyl (C=O) groups is 1. The van der Waals surface area contributed by atoms with Crippen molar-refractivity contribution in [2.45, 2.75) is 18.8 Å². The van der Waals surface area contributed by atoms with Crippen molar-refractivity contribution in [2.24, 2.45) is 0 Å². The number of aromatic nitrogens is 6. The van der Waals surface area contributed by atoms with Crippen molar-refractivity contribution < 1.29 is 13.9 Å². The predicted molar refractivity (Wildman–Crippen MR) is 127 cm³/mol. The maximum atomic E-state index is 13.5. The third kappa shape index (κ3) is 3.88. The molecule has 0 spiro atoms. The summed E-state index contributed by atoms with van der Waals surface area (Å²) < 4.78 is 22.0. The highest BCUT2D eigenvalue weighted by molar-refractivity contribution is 5.83. The number of hydrogen-bond acceptors (Lipinski definition) is 6. The number of nitrogens with zero attached hydrogens (tertiary/aromatic N) is 6. The molecule has 1 amide bonds. The number of methoxy groups -OCH3 is 1. The molecular formula is C25H20FN7O2. The lowest BCUT2D eigenvalue weighted by Gasteiger charge is -2.11. The Morgan fingerprint density at radius 1 is 1.09 bits per heavy atom. The van der Waals surface area contributed by atoms with Crippen LogP contribution in [0.1, 0.15) is 24.3 Å². The van der Waals surface area contributed by atoms with E-state index in [1.807, 2.05) is 27.4 Å². The highest BCUT2D eigenvalue weighted by Crippen LogP contribution is 2.43. The smallest absolute Gasteiger partial charge is 0.412 e. The van der Waals surface area contributed by atoms with E-state index in [0.717, 1.165) is 46.6 Å². The van der Waals surface area contributed by atoms with Crippen LogP contribution < -0.4 is 5.32 Å². The van der Waals surface area contributed by atoms with Crippen molar-refractivity contribution in [1.82, 2.24) is 29.1 Å². The van der Waals surface area contributed by atoms with Gasteiger partial charge in [-0.15, -0.1) is 10.2 Å². The van der Waals surface area contributed by atoms with Crippen LogP contribution in [0.15, 0.2) is 67.4 Å². The summed E-state index contributed by atoms with van der Waals surface area (Å²) in [6.07, 6.45) is 8.75. The molecule has 174 valence electrons. The maximum absolute atomic E-state index is 13.5. The first kappa shape index (κ1) is 21.0. The molecule has 0 saturated heterocycles. The number of rotatable bonds is 5. The molecule has 1 aliphatic carbocycles. The molecule has 35 heavy (non-hydrogen) atoms. The first-order chi connectivity index (χ1) is 17.1. The minimum absolute atomic E-state index is 0.301. The summed E-state index contributed by atoms with van der Waals surface area (Å²) in [4.78, 5) is 20.5. The Kier molecular flexibility index (Phi) is 4.98. The molecule has 9 nitrogen and oxygen atoms in total. The summed E-state index contributed by atoms with van der Waals surface area (Å²) >= 11 is 0. The van der Waals surface area contributed by atoms with Gasteiger partial charge in [0.1, 0.15) is 23.6 Å². The highest BCUT2D eigenvalue weighted by Gasteiger charge is 2.28. The van der Waals surface area contributed by atoms with Crippen LogP contribution in [0.25, 0.3) is 34.0 Å². The number of carbonyl (C=O) groups excluding carboxylic acids is 1. The molecule has 1 aliphatic rings. The topological polar surface area (TPSA) is 99.2 Å². The molecule has 5 aromatic rings.